The third-order valence-corrected chi connectivity index (χ3v) is 3.69. The van der Waals surface area contributed by atoms with Crippen molar-refractivity contribution in [1.82, 2.24) is 4.90 Å². The van der Waals surface area contributed by atoms with Crippen molar-refractivity contribution in [2.24, 2.45) is 0 Å². The molecule has 0 aromatic heterocycles. The lowest BCUT2D eigenvalue weighted by Gasteiger charge is -2.16. The molecule has 0 bridgehead atoms. The van der Waals surface area contributed by atoms with Gasteiger partial charge in [-0.2, -0.15) is 0 Å². The van der Waals surface area contributed by atoms with Crippen LogP contribution in [-0.2, 0) is 9.84 Å². The lowest BCUT2D eigenvalue weighted by Crippen LogP contribution is -2.30. The van der Waals surface area contributed by atoms with Crippen LogP contribution in [0.25, 0.3) is 0 Å². The molecule has 112 valence electrons. The van der Waals surface area contributed by atoms with E-state index in [4.69, 9.17) is 14.8 Å². The Hall–Kier alpha value is -1.09. The molecule has 0 aliphatic rings. The predicted octanol–water partition coefficient (Wildman–Crippen LogP) is -1.28. The number of rotatable bonds is 8. The van der Waals surface area contributed by atoms with Crippen molar-refractivity contribution in [2.45, 2.75) is 0 Å². The summed E-state index contributed by atoms with van der Waals surface area (Å²) in [5, 5.41) is 17.9. The number of sulfone groups is 1. The van der Waals surface area contributed by atoms with Gasteiger partial charge in [0.25, 0.3) is 0 Å². The zero-order valence-electron chi connectivity index (χ0n) is 11.7. The molecular formula is C12H20BNO5S. The Kier molecular flexibility index (Phi) is 6.48. The van der Waals surface area contributed by atoms with E-state index in [2.05, 4.69) is 0 Å². The third kappa shape index (κ3) is 6.90. The van der Waals surface area contributed by atoms with Crippen LogP contribution in [0.15, 0.2) is 24.3 Å². The number of nitrogens with zero attached hydrogens (tertiary/aromatic N) is 1. The van der Waals surface area contributed by atoms with Crippen molar-refractivity contribution in [2.75, 3.05) is 38.8 Å². The molecule has 0 saturated heterocycles. The molecule has 2 N–H and O–H groups in total. The molecule has 1 aromatic rings. The Bertz CT molecular complexity index is 503. The largest absolute Gasteiger partial charge is 0.492 e. The number of ether oxygens (including phenoxy) is 1. The lowest BCUT2D eigenvalue weighted by molar-refractivity contribution is 0.244. The highest BCUT2D eigenvalue weighted by atomic mass is 32.2. The summed E-state index contributed by atoms with van der Waals surface area (Å²) in [6.45, 7) is 1.51. The van der Waals surface area contributed by atoms with Gasteiger partial charge < -0.3 is 19.7 Å². The second-order valence-electron chi connectivity index (χ2n) is 4.72. The Morgan fingerprint density at radius 1 is 1.20 bits per heavy atom. The van der Waals surface area contributed by atoms with Crippen molar-refractivity contribution >= 4 is 22.4 Å². The Labute approximate surface area is 120 Å². The van der Waals surface area contributed by atoms with Gasteiger partial charge in [-0.3, -0.25) is 0 Å². The van der Waals surface area contributed by atoms with Crippen molar-refractivity contribution in [1.29, 1.82) is 0 Å². The summed E-state index contributed by atoms with van der Waals surface area (Å²) < 4.78 is 27.5. The molecule has 0 aliphatic heterocycles. The molecule has 1 rings (SSSR count). The van der Waals surface area contributed by atoms with Gasteiger partial charge in [0.15, 0.2) is 0 Å². The highest BCUT2D eigenvalue weighted by Crippen LogP contribution is 2.07. The van der Waals surface area contributed by atoms with Gasteiger partial charge in [-0.05, 0) is 24.6 Å². The summed E-state index contributed by atoms with van der Waals surface area (Å²) in [7, 11) is -2.59. The van der Waals surface area contributed by atoms with Crippen LogP contribution in [0.4, 0.5) is 0 Å². The first-order valence-electron chi connectivity index (χ1n) is 6.23. The van der Waals surface area contributed by atoms with E-state index in [1.54, 1.807) is 24.3 Å². The van der Waals surface area contributed by atoms with Crippen molar-refractivity contribution in [3.05, 3.63) is 24.3 Å². The van der Waals surface area contributed by atoms with Crippen LogP contribution >= 0.6 is 0 Å². The van der Waals surface area contributed by atoms with Crippen LogP contribution in [0.2, 0.25) is 0 Å². The van der Waals surface area contributed by atoms with Crippen LogP contribution in [0.5, 0.6) is 5.75 Å². The Balaban J connectivity index is 2.30. The van der Waals surface area contributed by atoms with Crippen LogP contribution in [0.1, 0.15) is 0 Å². The van der Waals surface area contributed by atoms with Crippen LogP contribution in [0, 0.1) is 0 Å². The molecule has 6 nitrogen and oxygen atoms in total. The zero-order valence-corrected chi connectivity index (χ0v) is 12.5. The minimum Gasteiger partial charge on any atom is -0.492 e. The number of benzene rings is 1. The first kappa shape index (κ1) is 17.0. The van der Waals surface area contributed by atoms with E-state index in [0.717, 1.165) is 0 Å². The lowest BCUT2D eigenvalue weighted by atomic mass is 9.80. The van der Waals surface area contributed by atoms with E-state index in [9.17, 15) is 8.42 Å². The molecule has 8 heteroatoms. The summed E-state index contributed by atoms with van der Waals surface area (Å²) in [4.78, 5) is 1.88. The van der Waals surface area contributed by atoms with Crippen LogP contribution in [-0.4, -0.2) is 69.2 Å². The van der Waals surface area contributed by atoms with Gasteiger partial charge in [0.2, 0.25) is 0 Å². The molecule has 1 aromatic carbocycles. The van der Waals surface area contributed by atoms with Crippen molar-refractivity contribution in [3.8, 4) is 5.75 Å². The average Bonchev–Trinajstić information content (AvgIpc) is 2.36. The standard InChI is InChI=1S/C12H20BNO5S/c1-14(8-10-20(2,17)18)7-9-19-12-5-3-11(4-6-12)13(15)16/h3-6,15-16H,7-10H2,1-2H3. The third-order valence-electron chi connectivity index (χ3n) is 2.76. The number of likely N-dealkylation sites (N-methyl/N-ethyl adjacent to an activating group) is 1. The van der Waals surface area contributed by atoms with Gasteiger partial charge in [0.1, 0.15) is 22.2 Å². The van der Waals surface area contributed by atoms with Crippen LogP contribution in [0.3, 0.4) is 0 Å². The van der Waals surface area contributed by atoms with E-state index >= 15 is 0 Å². The summed E-state index contributed by atoms with van der Waals surface area (Å²) in [6.07, 6.45) is 1.22. The molecule has 0 heterocycles. The normalized spacial score (nSPS) is 11.7. The maximum Gasteiger partial charge on any atom is 0.488 e. The maximum atomic E-state index is 11.0. The number of hydrogen-bond acceptors (Lipinski definition) is 6. The topological polar surface area (TPSA) is 87.1 Å². The van der Waals surface area contributed by atoms with E-state index in [0.29, 0.717) is 30.9 Å². The zero-order chi connectivity index (χ0) is 15.2. The van der Waals surface area contributed by atoms with Crippen molar-refractivity contribution < 1.29 is 23.2 Å². The SMILES string of the molecule is CN(CCOc1ccc(B(O)O)cc1)CCS(C)(=O)=O. The second kappa shape index (κ2) is 7.63. The molecule has 20 heavy (non-hydrogen) atoms. The molecular weight excluding hydrogens is 281 g/mol. The smallest absolute Gasteiger partial charge is 0.488 e. The van der Waals surface area contributed by atoms with Gasteiger partial charge in [-0.15, -0.1) is 0 Å². The molecule has 0 aliphatic carbocycles. The Morgan fingerprint density at radius 2 is 1.80 bits per heavy atom. The summed E-state index contributed by atoms with van der Waals surface area (Å²) in [6, 6.07) is 6.47. The monoisotopic (exact) mass is 301 g/mol. The quantitative estimate of drug-likeness (QED) is 0.582. The number of hydrogen-bond donors (Lipinski definition) is 2. The summed E-state index contributed by atoms with van der Waals surface area (Å²) in [5.74, 6) is 0.762. The fourth-order valence-corrected chi connectivity index (χ4v) is 2.13. The van der Waals surface area contributed by atoms with Gasteiger partial charge >= 0.3 is 7.12 Å². The maximum absolute atomic E-state index is 11.0. The molecule has 0 saturated carbocycles. The van der Waals surface area contributed by atoms with E-state index in [1.807, 2.05) is 11.9 Å². The first-order valence-corrected chi connectivity index (χ1v) is 8.29. The van der Waals surface area contributed by atoms with E-state index in [1.165, 1.54) is 6.26 Å². The fourth-order valence-electron chi connectivity index (χ4n) is 1.49. The molecule has 0 radical (unpaired) electrons. The van der Waals surface area contributed by atoms with E-state index < -0.39 is 17.0 Å². The predicted molar refractivity (Wildman–Crippen MR) is 79.0 cm³/mol. The molecule has 0 atom stereocenters. The first-order chi connectivity index (χ1) is 9.28. The van der Waals surface area contributed by atoms with Gasteiger partial charge in [0, 0.05) is 19.3 Å². The Morgan fingerprint density at radius 3 is 2.30 bits per heavy atom. The molecule has 0 spiro atoms. The molecule has 0 unspecified atom stereocenters. The van der Waals surface area contributed by atoms with Gasteiger partial charge in [0.05, 0.1) is 5.75 Å². The van der Waals surface area contributed by atoms with Crippen molar-refractivity contribution in [3.63, 3.8) is 0 Å². The van der Waals surface area contributed by atoms with E-state index in [-0.39, 0.29) is 5.75 Å². The summed E-state index contributed by atoms with van der Waals surface area (Å²) >= 11 is 0. The minimum atomic E-state index is -2.94. The minimum absolute atomic E-state index is 0.132. The second-order valence-corrected chi connectivity index (χ2v) is 6.98. The fraction of sp³-hybridized carbons (Fsp3) is 0.500. The van der Waals surface area contributed by atoms with Gasteiger partial charge in [-0.25, -0.2) is 8.42 Å². The molecule has 0 amide bonds. The van der Waals surface area contributed by atoms with Gasteiger partial charge in [-0.1, -0.05) is 12.1 Å². The average molecular weight is 301 g/mol. The van der Waals surface area contributed by atoms with Crippen LogP contribution < -0.4 is 10.2 Å². The summed E-state index contributed by atoms with van der Waals surface area (Å²) in [5.41, 5.74) is 0.405. The molecule has 0 fully saturated rings. The highest BCUT2D eigenvalue weighted by molar-refractivity contribution is 7.90. The highest BCUT2D eigenvalue weighted by Gasteiger charge is 2.10.